The van der Waals surface area contributed by atoms with E-state index in [9.17, 15) is 8.42 Å². The van der Waals surface area contributed by atoms with Crippen LogP contribution in [0.4, 0.5) is 5.82 Å². The van der Waals surface area contributed by atoms with Gasteiger partial charge in [0.05, 0.1) is 6.20 Å². The standard InChI is InChI=1S/C16H20N4O2S/c21-23(22,15-7-4-8-17-11-15)20(16-12-18-9-10-19-16)13-14-5-2-1-3-6-14/h4,7-12,14H,1-3,5-6,13H2. The molecule has 1 saturated carbocycles. The molecule has 3 rings (SSSR count). The highest BCUT2D eigenvalue weighted by Crippen LogP contribution is 2.28. The first-order valence-electron chi connectivity index (χ1n) is 7.87. The molecule has 23 heavy (non-hydrogen) atoms. The molecule has 0 amide bonds. The van der Waals surface area contributed by atoms with Gasteiger partial charge in [-0.1, -0.05) is 19.3 Å². The van der Waals surface area contributed by atoms with Crippen molar-refractivity contribution in [1.29, 1.82) is 0 Å². The van der Waals surface area contributed by atoms with Gasteiger partial charge in [0, 0.05) is 31.3 Å². The zero-order valence-electron chi connectivity index (χ0n) is 12.9. The molecule has 6 nitrogen and oxygen atoms in total. The Labute approximate surface area is 136 Å². The van der Waals surface area contributed by atoms with E-state index < -0.39 is 10.0 Å². The second-order valence-electron chi connectivity index (χ2n) is 5.79. The normalized spacial score (nSPS) is 16.2. The van der Waals surface area contributed by atoms with E-state index in [1.165, 1.54) is 29.3 Å². The van der Waals surface area contributed by atoms with Crippen LogP contribution in [0.2, 0.25) is 0 Å². The third kappa shape index (κ3) is 3.67. The monoisotopic (exact) mass is 332 g/mol. The van der Waals surface area contributed by atoms with Crippen molar-refractivity contribution in [2.75, 3.05) is 10.8 Å². The van der Waals surface area contributed by atoms with E-state index in [0.29, 0.717) is 18.3 Å². The highest BCUT2D eigenvalue weighted by Gasteiger charge is 2.29. The Kier molecular flexibility index (Phi) is 4.85. The third-order valence-electron chi connectivity index (χ3n) is 4.18. The van der Waals surface area contributed by atoms with Gasteiger partial charge < -0.3 is 0 Å². The lowest BCUT2D eigenvalue weighted by Gasteiger charge is -2.29. The maximum absolute atomic E-state index is 13.0. The minimum atomic E-state index is -3.69. The molecule has 0 atom stereocenters. The number of aromatic nitrogens is 3. The van der Waals surface area contributed by atoms with Gasteiger partial charge in [-0.2, -0.15) is 0 Å². The maximum Gasteiger partial charge on any atom is 0.267 e. The topological polar surface area (TPSA) is 76.1 Å². The fraction of sp³-hybridized carbons (Fsp3) is 0.438. The molecule has 0 aromatic carbocycles. The van der Waals surface area contributed by atoms with E-state index in [0.717, 1.165) is 25.7 Å². The number of anilines is 1. The lowest BCUT2D eigenvalue weighted by atomic mass is 9.89. The Hall–Kier alpha value is -2.02. The summed E-state index contributed by atoms with van der Waals surface area (Å²) >= 11 is 0. The molecule has 2 aromatic rings. The first-order chi connectivity index (χ1) is 11.2. The number of sulfonamides is 1. The molecule has 1 aliphatic carbocycles. The van der Waals surface area contributed by atoms with E-state index in [4.69, 9.17) is 0 Å². The van der Waals surface area contributed by atoms with Gasteiger partial charge in [-0.15, -0.1) is 0 Å². The lowest BCUT2D eigenvalue weighted by Crippen LogP contribution is -2.36. The predicted molar refractivity (Wildman–Crippen MR) is 87.4 cm³/mol. The predicted octanol–water partition coefficient (Wildman–Crippen LogP) is 2.65. The first kappa shape index (κ1) is 15.9. The molecular formula is C16H20N4O2S. The van der Waals surface area contributed by atoms with Gasteiger partial charge in [0.15, 0.2) is 5.82 Å². The van der Waals surface area contributed by atoms with Crippen molar-refractivity contribution in [2.24, 2.45) is 5.92 Å². The average molecular weight is 332 g/mol. The van der Waals surface area contributed by atoms with Crippen LogP contribution in [0.3, 0.4) is 0 Å². The van der Waals surface area contributed by atoms with Gasteiger partial charge in [-0.05, 0) is 30.9 Å². The van der Waals surface area contributed by atoms with Crippen LogP contribution in [0, 0.1) is 5.92 Å². The van der Waals surface area contributed by atoms with Gasteiger partial charge in [-0.25, -0.2) is 17.7 Å². The molecule has 7 heteroatoms. The highest BCUT2D eigenvalue weighted by atomic mass is 32.2. The Morgan fingerprint density at radius 1 is 1.04 bits per heavy atom. The molecule has 0 N–H and O–H groups in total. The molecule has 122 valence electrons. The smallest absolute Gasteiger partial charge is 0.263 e. The van der Waals surface area contributed by atoms with Crippen molar-refractivity contribution in [3.8, 4) is 0 Å². The van der Waals surface area contributed by atoms with Crippen LogP contribution < -0.4 is 4.31 Å². The minimum Gasteiger partial charge on any atom is -0.263 e. The number of hydrogen-bond acceptors (Lipinski definition) is 5. The molecule has 2 heterocycles. The fourth-order valence-electron chi connectivity index (χ4n) is 2.97. The summed E-state index contributed by atoms with van der Waals surface area (Å²) in [6.07, 6.45) is 13.2. The van der Waals surface area contributed by atoms with Crippen LogP contribution >= 0.6 is 0 Å². The summed E-state index contributed by atoms with van der Waals surface area (Å²) in [5, 5.41) is 0. The van der Waals surface area contributed by atoms with E-state index in [1.54, 1.807) is 24.5 Å². The van der Waals surface area contributed by atoms with Crippen LogP contribution in [0.5, 0.6) is 0 Å². The molecule has 0 bridgehead atoms. The van der Waals surface area contributed by atoms with Crippen LogP contribution in [0.15, 0.2) is 48.0 Å². The largest absolute Gasteiger partial charge is 0.267 e. The summed E-state index contributed by atoms with van der Waals surface area (Å²) in [6, 6.07) is 3.19. The molecule has 0 spiro atoms. The number of hydrogen-bond donors (Lipinski definition) is 0. The zero-order valence-corrected chi connectivity index (χ0v) is 13.7. The molecule has 1 fully saturated rings. The summed E-state index contributed by atoms with van der Waals surface area (Å²) in [5.74, 6) is 0.721. The lowest BCUT2D eigenvalue weighted by molar-refractivity contribution is 0.366. The number of pyridine rings is 1. The van der Waals surface area contributed by atoms with Gasteiger partial charge in [0.25, 0.3) is 10.0 Å². The first-order valence-corrected chi connectivity index (χ1v) is 9.31. The Morgan fingerprint density at radius 3 is 2.48 bits per heavy atom. The molecule has 0 unspecified atom stereocenters. The Morgan fingerprint density at radius 2 is 1.83 bits per heavy atom. The molecule has 0 saturated heterocycles. The third-order valence-corrected chi connectivity index (χ3v) is 5.93. The zero-order chi connectivity index (χ0) is 16.1. The molecule has 2 aromatic heterocycles. The minimum absolute atomic E-state index is 0.182. The van der Waals surface area contributed by atoms with E-state index in [2.05, 4.69) is 15.0 Å². The SMILES string of the molecule is O=S(=O)(c1cccnc1)N(CC1CCCCC1)c1cnccn1. The summed E-state index contributed by atoms with van der Waals surface area (Å²) in [7, 11) is -3.69. The van der Waals surface area contributed by atoms with Crippen molar-refractivity contribution in [1.82, 2.24) is 15.0 Å². The molecule has 0 radical (unpaired) electrons. The Balaban J connectivity index is 1.94. The maximum atomic E-state index is 13.0. The van der Waals surface area contributed by atoms with Crippen LogP contribution in [0.1, 0.15) is 32.1 Å². The Bertz CT molecular complexity index is 716. The molecule has 0 aliphatic heterocycles. The van der Waals surface area contributed by atoms with E-state index >= 15 is 0 Å². The van der Waals surface area contributed by atoms with Crippen molar-refractivity contribution in [2.45, 2.75) is 37.0 Å². The second kappa shape index (κ2) is 7.04. The van der Waals surface area contributed by atoms with Gasteiger partial charge in [0.2, 0.25) is 0 Å². The van der Waals surface area contributed by atoms with Gasteiger partial charge in [0.1, 0.15) is 4.90 Å². The summed E-state index contributed by atoms with van der Waals surface area (Å²) in [5.41, 5.74) is 0. The van der Waals surface area contributed by atoms with Crippen molar-refractivity contribution in [3.63, 3.8) is 0 Å². The number of nitrogens with zero attached hydrogens (tertiary/aromatic N) is 4. The summed E-state index contributed by atoms with van der Waals surface area (Å²) in [4.78, 5) is 12.3. The van der Waals surface area contributed by atoms with E-state index in [1.807, 2.05) is 0 Å². The van der Waals surface area contributed by atoms with Crippen molar-refractivity contribution >= 4 is 15.8 Å². The second-order valence-corrected chi connectivity index (χ2v) is 7.65. The average Bonchev–Trinajstić information content (AvgIpc) is 2.62. The summed E-state index contributed by atoms with van der Waals surface area (Å²) in [6.45, 7) is 0.440. The summed E-state index contributed by atoms with van der Waals surface area (Å²) < 4.78 is 27.4. The number of rotatable bonds is 5. The highest BCUT2D eigenvalue weighted by molar-refractivity contribution is 7.92. The van der Waals surface area contributed by atoms with Gasteiger partial charge >= 0.3 is 0 Å². The van der Waals surface area contributed by atoms with E-state index in [-0.39, 0.29) is 4.90 Å². The van der Waals surface area contributed by atoms with Crippen molar-refractivity contribution < 1.29 is 8.42 Å². The molecular weight excluding hydrogens is 312 g/mol. The van der Waals surface area contributed by atoms with Gasteiger partial charge in [-0.3, -0.25) is 9.97 Å². The van der Waals surface area contributed by atoms with Crippen LogP contribution in [-0.2, 0) is 10.0 Å². The van der Waals surface area contributed by atoms with Crippen LogP contribution in [-0.4, -0.2) is 29.9 Å². The van der Waals surface area contributed by atoms with Crippen molar-refractivity contribution in [3.05, 3.63) is 43.1 Å². The fourth-order valence-corrected chi connectivity index (χ4v) is 4.41. The quantitative estimate of drug-likeness (QED) is 0.841. The van der Waals surface area contributed by atoms with Crippen LogP contribution in [0.25, 0.3) is 0 Å². The molecule has 1 aliphatic rings.